The van der Waals surface area contributed by atoms with Gasteiger partial charge in [-0.2, -0.15) is 0 Å². The molecule has 18 heavy (non-hydrogen) atoms. The summed E-state index contributed by atoms with van der Waals surface area (Å²) in [5, 5.41) is 2.88. The summed E-state index contributed by atoms with van der Waals surface area (Å²) in [7, 11) is 0. The molecule has 0 fully saturated rings. The van der Waals surface area contributed by atoms with Crippen LogP contribution in [0.25, 0.3) is 0 Å². The van der Waals surface area contributed by atoms with Crippen LogP contribution in [0.1, 0.15) is 15.2 Å². The van der Waals surface area contributed by atoms with Gasteiger partial charge in [0.15, 0.2) is 0 Å². The third-order valence-corrected chi connectivity index (χ3v) is 4.87. The normalized spacial score (nSPS) is 10.3. The van der Waals surface area contributed by atoms with E-state index in [9.17, 15) is 4.79 Å². The number of carbonyl (C=O) groups is 1. The first-order chi connectivity index (χ1) is 8.56. The number of hydrogen-bond donors (Lipinski definition) is 2. The number of nitrogens with two attached hydrogens (primary N) is 1. The monoisotopic (exact) mass is 436 g/mol. The van der Waals surface area contributed by atoms with Gasteiger partial charge in [-0.05, 0) is 68.9 Å². The van der Waals surface area contributed by atoms with Crippen LogP contribution in [0.4, 0.5) is 5.69 Å². The highest BCUT2D eigenvalue weighted by Gasteiger charge is 2.07. The Bertz CT molecular complexity index is 585. The van der Waals surface area contributed by atoms with E-state index in [0.29, 0.717) is 17.8 Å². The fraction of sp³-hybridized carbons (Fsp3) is 0.0833. The van der Waals surface area contributed by atoms with Crippen LogP contribution in [-0.4, -0.2) is 5.91 Å². The highest BCUT2D eigenvalue weighted by Crippen LogP contribution is 2.22. The molecule has 1 amide bonds. The molecule has 0 unspecified atom stereocenters. The quantitative estimate of drug-likeness (QED) is 0.570. The number of nitrogen functional groups attached to an aromatic ring is 1. The second-order valence-electron chi connectivity index (χ2n) is 3.62. The summed E-state index contributed by atoms with van der Waals surface area (Å²) in [6.45, 7) is 0.538. The average molecular weight is 437 g/mol. The van der Waals surface area contributed by atoms with E-state index in [0.717, 1.165) is 12.2 Å². The number of amides is 1. The van der Waals surface area contributed by atoms with Crippen molar-refractivity contribution in [1.29, 1.82) is 0 Å². The molecule has 3 nitrogen and oxygen atoms in total. The average Bonchev–Trinajstić information content (AvgIpc) is 2.75. The van der Waals surface area contributed by atoms with Crippen LogP contribution in [0.3, 0.4) is 0 Å². The van der Waals surface area contributed by atoms with Crippen molar-refractivity contribution in [2.24, 2.45) is 0 Å². The smallest absolute Gasteiger partial charge is 0.251 e. The van der Waals surface area contributed by atoms with Crippen molar-refractivity contribution in [3.63, 3.8) is 0 Å². The Morgan fingerprint density at radius 2 is 2.17 bits per heavy atom. The Labute approximate surface area is 131 Å². The Balaban J connectivity index is 2.01. The lowest BCUT2D eigenvalue weighted by atomic mass is 10.2. The van der Waals surface area contributed by atoms with E-state index in [1.165, 1.54) is 0 Å². The summed E-state index contributed by atoms with van der Waals surface area (Å²) in [4.78, 5) is 13.0. The zero-order valence-corrected chi connectivity index (χ0v) is 13.8. The largest absolute Gasteiger partial charge is 0.398 e. The number of anilines is 1. The minimum Gasteiger partial charge on any atom is -0.398 e. The molecule has 0 aliphatic carbocycles. The zero-order chi connectivity index (χ0) is 13.1. The lowest BCUT2D eigenvalue weighted by Crippen LogP contribution is -2.22. The summed E-state index contributed by atoms with van der Waals surface area (Å²) in [5.41, 5.74) is 7.03. The number of thiophene rings is 1. The number of rotatable bonds is 3. The second kappa shape index (κ2) is 6.03. The van der Waals surface area contributed by atoms with Crippen LogP contribution in [-0.2, 0) is 6.54 Å². The molecule has 94 valence electrons. The molecule has 2 aromatic rings. The molecule has 0 atom stereocenters. The van der Waals surface area contributed by atoms with Gasteiger partial charge < -0.3 is 11.1 Å². The fourth-order valence-corrected chi connectivity index (χ4v) is 3.32. The molecule has 2 rings (SSSR count). The molecule has 1 aromatic heterocycles. The van der Waals surface area contributed by atoms with Gasteiger partial charge in [-0.3, -0.25) is 4.79 Å². The molecule has 3 N–H and O–H groups in total. The van der Waals surface area contributed by atoms with Gasteiger partial charge in [-0.25, -0.2) is 0 Å². The van der Waals surface area contributed by atoms with Crippen LogP contribution in [0.2, 0.25) is 0 Å². The molecular weight excluding hydrogens is 427 g/mol. The Kier molecular flexibility index (Phi) is 4.63. The first-order valence-electron chi connectivity index (χ1n) is 5.13. The van der Waals surface area contributed by atoms with Gasteiger partial charge in [-0.15, -0.1) is 11.3 Å². The van der Waals surface area contributed by atoms with Gasteiger partial charge in [0.25, 0.3) is 5.91 Å². The third kappa shape index (κ3) is 3.46. The maximum atomic E-state index is 11.9. The van der Waals surface area contributed by atoms with Gasteiger partial charge in [0.05, 0.1) is 10.3 Å². The van der Waals surface area contributed by atoms with Crippen LogP contribution in [0.5, 0.6) is 0 Å². The summed E-state index contributed by atoms with van der Waals surface area (Å²) in [6.07, 6.45) is 0. The predicted octanol–water partition coefficient (Wildman–Crippen LogP) is 3.63. The summed E-state index contributed by atoms with van der Waals surface area (Å²) < 4.78 is 1.95. The molecule has 0 aliphatic heterocycles. The van der Waals surface area contributed by atoms with Crippen molar-refractivity contribution in [3.8, 4) is 0 Å². The highest BCUT2D eigenvalue weighted by molar-refractivity contribution is 14.1. The second-order valence-corrected chi connectivity index (χ2v) is 7.33. The van der Waals surface area contributed by atoms with Crippen molar-refractivity contribution in [3.05, 3.63) is 48.1 Å². The number of carbonyl (C=O) groups excluding carboxylic acids is 1. The lowest BCUT2D eigenvalue weighted by molar-refractivity contribution is 0.0951. The van der Waals surface area contributed by atoms with E-state index in [1.807, 2.05) is 12.1 Å². The van der Waals surface area contributed by atoms with Gasteiger partial charge >= 0.3 is 0 Å². The van der Waals surface area contributed by atoms with Crippen molar-refractivity contribution in [2.45, 2.75) is 6.54 Å². The van der Waals surface area contributed by atoms with Gasteiger partial charge in [0.2, 0.25) is 0 Å². The van der Waals surface area contributed by atoms with E-state index in [-0.39, 0.29) is 5.91 Å². The van der Waals surface area contributed by atoms with Crippen LogP contribution in [0, 0.1) is 3.57 Å². The number of nitrogens with one attached hydrogen (secondary N) is 1. The number of halogens is 2. The molecular formula is C12H10BrIN2OS. The van der Waals surface area contributed by atoms with E-state index in [4.69, 9.17) is 5.73 Å². The van der Waals surface area contributed by atoms with Crippen molar-refractivity contribution in [1.82, 2.24) is 5.32 Å². The summed E-state index contributed by atoms with van der Waals surface area (Å²) >= 11 is 7.12. The Morgan fingerprint density at radius 3 is 2.78 bits per heavy atom. The van der Waals surface area contributed by atoms with E-state index < -0.39 is 0 Å². The number of hydrogen-bond acceptors (Lipinski definition) is 3. The molecule has 0 saturated heterocycles. The molecule has 1 heterocycles. The minimum absolute atomic E-state index is 0.0857. The lowest BCUT2D eigenvalue weighted by Gasteiger charge is -2.05. The highest BCUT2D eigenvalue weighted by atomic mass is 127. The van der Waals surface area contributed by atoms with Crippen molar-refractivity contribution in [2.75, 3.05) is 5.73 Å². The van der Waals surface area contributed by atoms with Crippen molar-refractivity contribution >= 4 is 61.5 Å². The summed E-state index contributed by atoms with van der Waals surface area (Å²) in [6, 6.07) is 9.23. The van der Waals surface area contributed by atoms with Crippen LogP contribution < -0.4 is 11.1 Å². The molecule has 0 bridgehead atoms. The zero-order valence-electron chi connectivity index (χ0n) is 9.24. The van der Waals surface area contributed by atoms with Crippen LogP contribution in [0.15, 0.2) is 34.1 Å². The first kappa shape index (κ1) is 13.8. The number of benzene rings is 1. The van der Waals surface area contributed by atoms with Gasteiger partial charge in [0, 0.05) is 19.7 Å². The molecule has 0 aliphatic rings. The predicted molar refractivity (Wildman–Crippen MR) is 86.8 cm³/mol. The maximum Gasteiger partial charge on any atom is 0.251 e. The molecule has 0 radical (unpaired) electrons. The van der Waals surface area contributed by atoms with Crippen molar-refractivity contribution < 1.29 is 4.79 Å². The van der Waals surface area contributed by atoms with E-state index >= 15 is 0 Å². The molecule has 0 saturated carbocycles. The Hall–Kier alpha value is -0.600. The Morgan fingerprint density at radius 1 is 1.39 bits per heavy atom. The molecule has 0 spiro atoms. The topological polar surface area (TPSA) is 55.1 Å². The van der Waals surface area contributed by atoms with Crippen LogP contribution >= 0.6 is 49.9 Å². The SMILES string of the molecule is Nc1ccc(C(=O)NCc2ccc(Br)s2)cc1I. The summed E-state index contributed by atoms with van der Waals surface area (Å²) in [5.74, 6) is -0.0857. The maximum absolute atomic E-state index is 11.9. The minimum atomic E-state index is -0.0857. The van der Waals surface area contributed by atoms with Gasteiger partial charge in [-0.1, -0.05) is 0 Å². The van der Waals surface area contributed by atoms with E-state index in [2.05, 4.69) is 43.8 Å². The fourth-order valence-electron chi connectivity index (χ4n) is 1.38. The first-order valence-corrected chi connectivity index (χ1v) is 7.82. The molecule has 1 aromatic carbocycles. The van der Waals surface area contributed by atoms with Gasteiger partial charge in [0.1, 0.15) is 0 Å². The van der Waals surface area contributed by atoms with E-state index in [1.54, 1.807) is 29.5 Å². The molecule has 6 heteroatoms. The standard InChI is InChI=1S/C12H10BrIN2OS/c13-11-4-2-8(18-11)6-16-12(17)7-1-3-10(15)9(14)5-7/h1-5H,6,15H2,(H,16,17). The third-order valence-electron chi connectivity index (χ3n) is 2.31.